The van der Waals surface area contributed by atoms with Gasteiger partial charge in [0.2, 0.25) is 5.88 Å². The summed E-state index contributed by atoms with van der Waals surface area (Å²) in [6.45, 7) is 6.05. The van der Waals surface area contributed by atoms with Crippen molar-refractivity contribution in [1.29, 1.82) is 0 Å². The average molecular weight is 450 g/mol. The molecule has 176 valence electrons. The number of anilines is 1. The zero-order valence-electron chi connectivity index (χ0n) is 19.8. The lowest BCUT2D eigenvalue weighted by Crippen LogP contribution is -2.28. The fourth-order valence-electron chi connectivity index (χ4n) is 3.11. The van der Waals surface area contributed by atoms with E-state index in [2.05, 4.69) is 15.6 Å². The quantitative estimate of drug-likeness (QED) is 0.366. The molecule has 1 aromatic heterocycles. The summed E-state index contributed by atoms with van der Waals surface area (Å²) < 4.78 is 5.21. The Kier molecular flexibility index (Phi) is 10.9. The Morgan fingerprint density at radius 1 is 0.970 bits per heavy atom. The van der Waals surface area contributed by atoms with E-state index in [-0.39, 0.29) is 0 Å². The van der Waals surface area contributed by atoms with Crippen LogP contribution in [-0.2, 0) is 16.6 Å². The summed E-state index contributed by atoms with van der Waals surface area (Å²) in [5, 5.41) is 16.1. The number of rotatable bonds is 11. The number of nitrogens with one attached hydrogen (secondary N) is 2. The number of aromatic nitrogens is 1. The molecule has 33 heavy (non-hydrogen) atoms. The highest BCUT2D eigenvalue weighted by Crippen LogP contribution is 2.24. The van der Waals surface area contributed by atoms with Gasteiger partial charge in [-0.25, -0.2) is 4.98 Å². The Balaban J connectivity index is 0.000000554. The van der Waals surface area contributed by atoms with Crippen molar-refractivity contribution in [3.8, 4) is 5.88 Å². The van der Waals surface area contributed by atoms with Crippen LogP contribution in [0.25, 0.3) is 0 Å². The van der Waals surface area contributed by atoms with Crippen LogP contribution in [0, 0.1) is 0 Å². The second-order valence-corrected chi connectivity index (χ2v) is 8.13. The van der Waals surface area contributed by atoms with Gasteiger partial charge < -0.3 is 20.5 Å². The smallest absolute Gasteiger partial charge is 0.313 e. The number of pyridine rings is 1. The summed E-state index contributed by atoms with van der Waals surface area (Å²) in [6, 6.07) is 23.7. The normalized spacial score (nSPS) is 10.6. The van der Waals surface area contributed by atoms with Crippen LogP contribution in [0.1, 0.15) is 31.4 Å². The summed E-state index contributed by atoms with van der Waals surface area (Å²) in [6.07, 6.45) is 3.55. The highest BCUT2D eigenvalue weighted by Gasteiger charge is 2.29. The average Bonchev–Trinajstić information content (AvgIpc) is 2.85. The van der Waals surface area contributed by atoms with Crippen LogP contribution in [0.2, 0.25) is 0 Å². The number of hydrogen-bond donors (Lipinski definition) is 3. The highest BCUT2D eigenvalue weighted by atomic mass is 16.5. The fourth-order valence-corrected chi connectivity index (χ4v) is 3.11. The summed E-state index contributed by atoms with van der Waals surface area (Å²) in [5.74, 6) is -0.204. The third kappa shape index (κ3) is 8.94. The van der Waals surface area contributed by atoms with Crippen LogP contribution in [0.3, 0.4) is 0 Å². The van der Waals surface area contributed by atoms with Crippen molar-refractivity contribution in [3.05, 3.63) is 90.1 Å². The molecule has 6 heteroatoms. The van der Waals surface area contributed by atoms with Crippen LogP contribution >= 0.6 is 0 Å². The minimum Gasteiger partial charge on any atom is -0.481 e. The monoisotopic (exact) mass is 449 g/mol. The molecule has 6 nitrogen and oxygen atoms in total. The summed E-state index contributed by atoms with van der Waals surface area (Å²) in [7, 11) is 1.61. The maximum atomic E-state index is 11.4. The van der Waals surface area contributed by atoms with E-state index in [1.165, 1.54) is 0 Å². The first-order valence-corrected chi connectivity index (χ1v) is 11.2. The van der Waals surface area contributed by atoms with Crippen LogP contribution in [0.4, 0.5) is 5.69 Å². The standard InChI is InChI=1S/C21H29N3O3.C6H6/c1-21(2,20(25)26)17-8-4-7-16(15-17)10-14-22-11-6-13-23-18-9-5-12-24-19(18)27-3;1-2-4-6-5-3-1/h4-5,7-9,12,15,22-23H,6,10-11,13-14H2,1-3H3,(H,25,26);1-6H. The molecule has 2 aromatic carbocycles. The number of carboxylic acid groups (broad SMARTS) is 1. The molecule has 3 N–H and O–H groups in total. The molecule has 0 aliphatic carbocycles. The van der Waals surface area contributed by atoms with Gasteiger partial charge >= 0.3 is 5.97 Å². The van der Waals surface area contributed by atoms with Gasteiger partial charge in [0.05, 0.1) is 18.2 Å². The Hall–Kier alpha value is -3.38. The number of nitrogens with zero attached hydrogens (tertiary/aromatic N) is 1. The van der Waals surface area contributed by atoms with E-state index < -0.39 is 11.4 Å². The van der Waals surface area contributed by atoms with Crippen molar-refractivity contribution < 1.29 is 14.6 Å². The number of benzene rings is 2. The summed E-state index contributed by atoms with van der Waals surface area (Å²) >= 11 is 0. The summed E-state index contributed by atoms with van der Waals surface area (Å²) in [5.41, 5.74) is 2.01. The first kappa shape index (κ1) is 25.9. The van der Waals surface area contributed by atoms with Gasteiger partial charge in [-0.1, -0.05) is 60.7 Å². The third-order valence-corrected chi connectivity index (χ3v) is 5.25. The number of carboxylic acids is 1. The molecular formula is C27H35N3O3. The fraction of sp³-hybridized carbons (Fsp3) is 0.333. The molecule has 0 saturated heterocycles. The lowest BCUT2D eigenvalue weighted by atomic mass is 9.84. The first-order valence-electron chi connectivity index (χ1n) is 11.2. The zero-order valence-corrected chi connectivity index (χ0v) is 19.8. The largest absolute Gasteiger partial charge is 0.481 e. The van der Waals surface area contributed by atoms with Crippen molar-refractivity contribution in [3.63, 3.8) is 0 Å². The van der Waals surface area contributed by atoms with Gasteiger partial charge in [0.1, 0.15) is 0 Å². The maximum absolute atomic E-state index is 11.4. The number of carbonyl (C=O) groups is 1. The van der Waals surface area contributed by atoms with E-state index in [1.54, 1.807) is 27.2 Å². The van der Waals surface area contributed by atoms with Crippen LogP contribution in [0.5, 0.6) is 5.88 Å². The van der Waals surface area contributed by atoms with E-state index in [9.17, 15) is 9.90 Å². The van der Waals surface area contributed by atoms with Gasteiger partial charge in [-0.3, -0.25) is 4.79 Å². The molecule has 0 spiro atoms. The van der Waals surface area contributed by atoms with Crippen molar-refractivity contribution in [1.82, 2.24) is 10.3 Å². The number of methoxy groups -OCH3 is 1. The molecule has 0 saturated carbocycles. The van der Waals surface area contributed by atoms with Crippen molar-refractivity contribution in [2.45, 2.75) is 32.1 Å². The third-order valence-electron chi connectivity index (χ3n) is 5.25. The van der Waals surface area contributed by atoms with E-state index in [0.717, 1.165) is 49.3 Å². The van der Waals surface area contributed by atoms with Gasteiger partial charge in [0.15, 0.2) is 0 Å². The minimum absolute atomic E-state index is 0.606. The topological polar surface area (TPSA) is 83.5 Å². The van der Waals surface area contributed by atoms with Gasteiger partial charge in [-0.15, -0.1) is 0 Å². The molecule has 0 atom stereocenters. The highest BCUT2D eigenvalue weighted by molar-refractivity contribution is 5.80. The van der Waals surface area contributed by atoms with Crippen LogP contribution in [-0.4, -0.2) is 42.8 Å². The summed E-state index contributed by atoms with van der Waals surface area (Å²) in [4.78, 5) is 15.6. The lowest BCUT2D eigenvalue weighted by molar-refractivity contribution is -0.142. The molecule has 0 unspecified atom stereocenters. The van der Waals surface area contributed by atoms with E-state index >= 15 is 0 Å². The minimum atomic E-state index is -0.873. The van der Waals surface area contributed by atoms with Crippen molar-refractivity contribution in [2.24, 2.45) is 0 Å². The second-order valence-electron chi connectivity index (χ2n) is 8.13. The van der Waals surface area contributed by atoms with Gasteiger partial charge in [0, 0.05) is 12.7 Å². The van der Waals surface area contributed by atoms with Crippen LogP contribution < -0.4 is 15.4 Å². The molecule has 3 rings (SSSR count). The Bertz CT molecular complexity index is 935. The van der Waals surface area contributed by atoms with E-state index in [4.69, 9.17) is 4.74 Å². The Morgan fingerprint density at radius 2 is 1.67 bits per heavy atom. The van der Waals surface area contributed by atoms with Crippen molar-refractivity contribution in [2.75, 3.05) is 32.1 Å². The predicted octanol–water partition coefficient (Wildman–Crippen LogP) is 4.77. The predicted molar refractivity (Wildman–Crippen MR) is 134 cm³/mol. The molecule has 0 aliphatic heterocycles. The first-order chi connectivity index (χ1) is 15.9. The number of ether oxygens (including phenoxy) is 1. The SMILES string of the molecule is COc1ncccc1NCCCNCCc1cccc(C(C)(C)C(=O)O)c1.c1ccccc1. The lowest BCUT2D eigenvalue weighted by Gasteiger charge is -2.20. The molecule has 0 fully saturated rings. The maximum Gasteiger partial charge on any atom is 0.313 e. The van der Waals surface area contributed by atoms with Gasteiger partial charge in [0.25, 0.3) is 0 Å². The Morgan fingerprint density at radius 3 is 2.30 bits per heavy atom. The molecule has 0 radical (unpaired) electrons. The molecule has 3 aromatic rings. The molecule has 0 aliphatic rings. The molecule has 0 bridgehead atoms. The number of aliphatic carboxylic acids is 1. The van der Waals surface area contributed by atoms with E-state index in [1.807, 2.05) is 72.8 Å². The molecule has 0 amide bonds. The second kappa shape index (κ2) is 13.9. The zero-order chi connectivity index (χ0) is 23.9. The molecule has 1 heterocycles. The Labute approximate surface area is 197 Å². The molecular weight excluding hydrogens is 414 g/mol. The number of hydrogen-bond acceptors (Lipinski definition) is 5. The van der Waals surface area contributed by atoms with Gasteiger partial charge in [-0.2, -0.15) is 0 Å². The van der Waals surface area contributed by atoms with Gasteiger partial charge in [-0.05, 0) is 63.0 Å². The van der Waals surface area contributed by atoms with Crippen LogP contribution in [0.15, 0.2) is 79.0 Å². The van der Waals surface area contributed by atoms with E-state index in [0.29, 0.717) is 5.88 Å². The van der Waals surface area contributed by atoms with Crippen molar-refractivity contribution >= 4 is 11.7 Å².